The van der Waals surface area contributed by atoms with Gasteiger partial charge in [0.05, 0.1) is 17.0 Å². The number of nitrogens with zero attached hydrogens (tertiary/aromatic N) is 1. The van der Waals surface area contributed by atoms with Crippen molar-refractivity contribution in [3.05, 3.63) is 100 Å². The first-order valence-corrected chi connectivity index (χ1v) is 8.68. The standard InChI is InChI=1S/C22H15ClN2/c23-16-11-9-14(10-12-16)18-13-15-5-1-2-6-17(15)21(18)22-24-19-7-3-4-8-20(19)25-22/h1-13,21H,(H,24,25). The third-order valence-corrected chi connectivity index (χ3v) is 5.04. The molecule has 1 aromatic heterocycles. The van der Waals surface area contributed by atoms with Crippen molar-refractivity contribution >= 4 is 34.3 Å². The van der Waals surface area contributed by atoms with E-state index in [-0.39, 0.29) is 5.92 Å². The van der Waals surface area contributed by atoms with E-state index in [0.29, 0.717) is 0 Å². The summed E-state index contributed by atoms with van der Waals surface area (Å²) in [4.78, 5) is 8.38. The number of nitrogens with one attached hydrogen (secondary N) is 1. The predicted molar refractivity (Wildman–Crippen MR) is 104 cm³/mol. The Balaban J connectivity index is 1.70. The molecule has 0 amide bonds. The first-order chi connectivity index (χ1) is 12.3. The van der Waals surface area contributed by atoms with Crippen molar-refractivity contribution in [3.8, 4) is 0 Å². The minimum absolute atomic E-state index is 0.102. The summed E-state index contributed by atoms with van der Waals surface area (Å²) >= 11 is 6.08. The second kappa shape index (κ2) is 5.61. The maximum absolute atomic E-state index is 6.08. The second-order valence-corrected chi connectivity index (χ2v) is 6.74. The fourth-order valence-electron chi connectivity index (χ4n) is 3.62. The fourth-order valence-corrected chi connectivity index (χ4v) is 3.75. The number of H-pyrrole nitrogens is 1. The van der Waals surface area contributed by atoms with Gasteiger partial charge in [-0.05, 0) is 52.6 Å². The zero-order chi connectivity index (χ0) is 16.8. The number of aromatic nitrogens is 2. The number of hydrogen-bond donors (Lipinski definition) is 1. The molecule has 1 aliphatic rings. The maximum Gasteiger partial charge on any atom is 0.119 e. The van der Waals surface area contributed by atoms with Crippen LogP contribution in [0.3, 0.4) is 0 Å². The molecule has 0 bridgehead atoms. The Morgan fingerprint density at radius 3 is 2.44 bits per heavy atom. The Labute approximate surface area is 150 Å². The molecule has 0 fully saturated rings. The zero-order valence-electron chi connectivity index (χ0n) is 13.4. The van der Waals surface area contributed by atoms with Crippen LogP contribution in [0.15, 0.2) is 72.8 Å². The summed E-state index contributed by atoms with van der Waals surface area (Å²) in [6.45, 7) is 0. The molecule has 25 heavy (non-hydrogen) atoms. The van der Waals surface area contributed by atoms with Crippen LogP contribution in [-0.2, 0) is 0 Å². The van der Waals surface area contributed by atoms with Crippen LogP contribution in [0.2, 0.25) is 5.02 Å². The average molecular weight is 343 g/mol. The minimum atomic E-state index is 0.102. The lowest BCUT2D eigenvalue weighted by atomic mass is 9.91. The van der Waals surface area contributed by atoms with Crippen molar-refractivity contribution in [3.63, 3.8) is 0 Å². The van der Waals surface area contributed by atoms with Gasteiger partial charge in [0.25, 0.3) is 0 Å². The first-order valence-electron chi connectivity index (χ1n) is 8.31. The molecular weight excluding hydrogens is 328 g/mol. The Bertz CT molecular complexity index is 1070. The monoisotopic (exact) mass is 342 g/mol. The number of aromatic amines is 1. The van der Waals surface area contributed by atoms with Gasteiger partial charge >= 0.3 is 0 Å². The van der Waals surface area contributed by atoms with Crippen LogP contribution in [0.1, 0.15) is 28.4 Å². The van der Waals surface area contributed by atoms with Gasteiger partial charge in [-0.2, -0.15) is 0 Å². The lowest BCUT2D eigenvalue weighted by Gasteiger charge is -2.15. The quantitative estimate of drug-likeness (QED) is 0.482. The van der Waals surface area contributed by atoms with Crippen LogP contribution >= 0.6 is 11.6 Å². The highest BCUT2D eigenvalue weighted by Crippen LogP contribution is 2.45. The lowest BCUT2D eigenvalue weighted by Crippen LogP contribution is -2.03. The number of fused-ring (bicyclic) bond motifs is 2. The SMILES string of the molecule is Clc1ccc(C2=Cc3ccccc3C2c2nc3ccccc3[nH]2)cc1. The summed E-state index contributed by atoms with van der Waals surface area (Å²) in [5.41, 5.74) is 7.02. The Morgan fingerprint density at radius 2 is 1.60 bits per heavy atom. The molecule has 1 N–H and O–H groups in total. The molecule has 3 heteroatoms. The van der Waals surface area contributed by atoms with E-state index in [1.807, 2.05) is 30.3 Å². The number of benzene rings is 3. The highest BCUT2D eigenvalue weighted by molar-refractivity contribution is 6.30. The van der Waals surface area contributed by atoms with Crippen LogP contribution in [0.25, 0.3) is 22.7 Å². The predicted octanol–water partition coefficient (Wildman–Crippen LogP) is 5.90. The Kier molecular flexibility index (Phi) is 3.25. The molecule has 0 radical (unpaired) electrons. The summed E-state index contributed by atoms with van der Waals surface area (Å²) in [5.74, 6) is 1.08. The lowest BCUT2D eigenvalue weighted by molar-refractivity contribution is 0.953. The molecule has 3 aromatic carbocycles. The van der Waals surface area contributed by atoms with Crippen molar-refractivity contribution in [2.75, 3.05) is 0 Å². The smallest absolute Gasteiger partial charge is 0.119 e. The molecule has 2 nitrogen and oxygen atoms in total. The normalized spacial score (nSPS) is 16.0. The van der Waals surface area contributed by atoms with Gasteiger partial charge in [-0.1, -0.05) is 60.1 Å². The Morgan fingerprint density at radius 1 is 0.840 bits per heavy atom. The van der Waals surface area contributed by atoms with Crippen molar-refractivity contribution in [2.45, 2.75) is 5.92 Å². The first kappa shape index (κ1) is 14.5. The van der Waals surface area contributed by atoms with Crippen LogP contribution in [0.4, 0.5) is 0 Å². The molecule has 1 heterocycles. The van der Waals surface area contributed by atoms with Gasteiger partial charge in [-0.25, -0.2) is 4.98 Å². The van der Waals surface area contributed by atoms with Crippen molar-refractivity contribution in [1.29, 1.82) is 0 Å². The molecule has 4 aromatic rings. The van der Waals surface area contributed by atoms with Crippen LogP contribution in [0, 0.1) is 0 Å². The molecule has 1 aliphatic carbocycles. The number of allylic oxidation sites excluding steroid dienone is 1. The number of imidazole rings is 1. The number of para-hydroxylation sites is 2. The maximum atomic E-state index is 6.08. The van der Waals surface area contributed by atoms with Crippen molar-refractivity contribution in [1.82, 2.24) is 9.97 Å². The summed E-state index contributed by atoms with van der Waals surface area (Å²) in [5, 5.41) is 0.750. The fraction of sp³-hybridized carbons (Fsp3) is 0.0455. The van der Waals surface area contributed by atoms with E-state index in [1.54, 1.807) is 0 Å². The zero-order valence-corrected chi connectivity index (χ0v) is 14.2. The summed E-state index contributed by atoms with van der Waals surface area (Å²) in [7, 11) is 0. The molecule has 0 aliphatic heterocycles. The van der Waals surface area contributed by atoms with E-state index < -0.39 is 0 Å². The van der Waals surface area contributed by atoms with Gasteiger partial charge in [0.15, 0.2) is 0 Å². The molecule has 120 valence electrons. The van der Waals surface area contributed by atoms with Crippen LogP contribution < -0.4 is 0 Å². The molecule has 0 saturated heterocycles. The second-order valence-electron chi connectivity index (χ2n) is 6.31. The summed E-state index contributed by atoms with van der Waals surface area (Å²) < 4.78 is 0. The third-order valence-electron chi connectivity index (χ3n) is 4.79. The largest absolute Gasteiger partial charge is 0.341 e. The topological polar surface area (TPSA) is 28.7 Å². The van der Waals surface area contributed by atoms with E-state index >= 15 is 0 Å². The average Bonchev–Trinajstić information content (AvgIpc) is 3.23. The molecule has 0 saturated carbocycles. The highest BCUT2D eigenvalue weighted by atomic mass is 35.5. The molecule has 5 rings (SSSR count). The van der Waals surface area contributed by atoms with Gasteiger partial charge < -0.3 is 4.98 Å². The van der Waals surface area contributed by atoms with E-state index in [4.69, 9.17) is 16.6 Å². The summed E-state index contributed by atoms with van der Waals surface area (Å²) in [6.07, 6.45) is 2.26. The third kappa shape index (κ3) is 2.38. The number of hydrogen-bond acceptors (Lipinski definition) is 1. The molecular formula is C22H15ClN2. The van der Waals surface area contributed by atoms with Gasteiger partial charge in [-0.3, -0.25) is 0 Å². The van der Waals surface area contributed by atoms with Gasteiger partial charge in [0.1, 0.15) is 5.82 Å². The van der Waals surface area contributed by atoms with E-state index in [0.717, 1.165) is 21.9 Å². The van der Waals surface area contributed by atoms with Crippen molar-refractivity contribution in [2.24, 2.45) is 0 Å². The summed E-state index contributed by atoms with van der Waals surface area (Å²) in [6, 6.07) is 24.7. The molecule has 1 unspecified atom stereocenters. The Hall–Kier alpha value is -2.84. The van der Waals surface area contributed by atoms with Crippen LogP contribution in [0.5, 0.6) is 0 Å². The van der Waals surface area contributed by atoms with Crippen molar-refractivity contribution < 1.29 is 0 Å². The van der Waals surface area contributed by atoms with Crippen LogP contribution in [-0.4, -0.2) is 9.97 Å². The van der Waals surface area contributed by atoms with Gasteiger partial charge in [-0.15, -0.1) is 0 Å². The van der Waals surface area contributed by atoms with Gasteiger partial charge in [0, 0.05) is 5.02 Å². The van der Waals surface area contributed by atoms with Gasteiger partial charge in [0.2, 0.25) is 0 Å². The van der Waals surface area contributed by atoms with E-state index in [9.17, 15) is 0 Å². The number of rotatable bonds is 2. The van der Waals surface area contributed by atoms with E-state index in [1.165, 1.54) is 22.3 Å². The highest BCUT2D eigenvalue weighted by Gasteiger charge is 2.29. The minimum Gasteiger partial charge on any atom is -0.341 e. The van der Waals surface area contributed by atoms with E-state index in [2.05, 4.69) is 53.5 Å². The molecule has 1 atom stereocenters. The molecule has 0 spiro atoms. The number of halogens is 1.